The lowest BCUT2D eigenvalue weighted by atomic mass is 10.2. The third kappa shape index (κ3) is 1.61. The number of nitrogens with two attached hydrogens (primary N) is 1. The molecule has 0 radical (unpaired) electrons. The SMILES string of the molecule is COc1ncnc2c1nc(N)n2C1CCSC1. The van der Waals surface area contributed by atoms with Gasteiger partial charge in [0.2, 0.25) is 11.8 Å². The molecule has 6 nitrogen and oxygen atoms in total. The van der Waals surface area contributed by atoms with E-state index in [0.717, 1.165) is 23.6 Å². The van der Waals surface area contributed by atoms with Crippen molar-refractivity contribution in [3.63, 3.8) is 0 Å². The van der Waals surface area contributed by atoms with Crippen molar-refractivity contribution in [1.82, 2.24) is 19.5 Å². The summed E-state index contributed by atoms with van der Waals surface area (Å²) in [5, 5.41) is 0. The van der Waals surface area contributed by atoms with Crippen molar-refractivity contribution in [3.8, 4) is 5.88 Å². The Bertz CT molecular complexity index is 549. The van der Waals surface area contributed by atoms with E-state index in [4.69, 9.17) is 10.5 Å². The fourth-order valence-electron chi connectivity index (χ4n) is 2.14. The van der Waals surface area contributed by atoms with E-state index >= 15 is 0 Å². The summed E-state index contributed by atoms with van der Waals surface area (Å²) in [4.78, 5) is 12.6. The van der Waals surface area contributed by atoms with Gasteiger partial charge in [0.1, 0.15) is 6.33 Å². The number of thioether (sulfide) groups is 1. The Balaban J connectivity index is 2.20. The van der Waals surface area contributed by atoms with Crippen molar-refractivity contribution in [1.29, 1.82) is 0 Å². The standard InChI is InChI=1S/C10H13N5OS/c1-16-9-7-8(12-5-13-9)15(10(11)14-7)6-2-3-17-4-6/h5-6H,2-4H2,1H3,(H2,11,14). The normalized spacial score (nSPS) is 19.9. The van der Waals surface area contributed by atoms with Crippen LogP contribution in [0.2, 0.25) is 0 Å². The van der Waals surface area contributed by atoms with Gasteiger partial charge < -0.3 is 10.5 Å². The van der Waals surface area contributed by atoms with Crippen molar-refractivity contribution in [3.05, 3.63) is 6.33 Å². The lowest BCUT2D eigenvalue weighted by molar-refractivity contribution is 0.401. The number of nitrogens with zero attached hydrogens (tertiary/aromatic N) is 4. The summed E-state index contributed by atoms with van der Waals surface area (Å²) in [6, 6.07) is 0.379. The Labute approximate surface area is 103 Å². The van der Waals surface area contributed by atoms with Crippen LogP contribution in [-0.2, 0) is 0 Å². The highest BCUT2D eigenvalue weighted by Crippen LogP contribution is 2.33. The lowest BCUT2D eigenvalue weighted by Crippen LogP contribution is -2.11. The third-order valence-corrected chi connectivity index (χ3v) is 4.08. The molecule has 2 aromatic rings. The summed E-state index contributed by atoms with van der Waals surface area (Å²) in [6.07, 6.45) is 2.59. The average molecular weight is 251 g/mol. The first kappa shape index (κ1) is 10.6. The molecule has 1 unspecified atom stereocenters. The molecular weight excluding hydrogens is 238 g/mol. The van der Waals surface area contributed by atoms with Gasteiger partial charge in [0.25, 0.3) is 0 Å². The number of fused-ring (bicyclic) bond motifs is 1. The van der Waals surface area contributed by atoms with Crippen LogP contribution in [0.3, 0.4) is 0 Å². The number of methoxy groups -OCH3 is 1. The second-order valence-electron chi connectivity index (χ2n) is 3.91. The number of ether oxygens (including phenoxy) is 1. The van der Waals surface area contributed by atoms with E-state index in [1.807, 2.05) is 16.3 Å². The van der Waals surface area contributed by atoms with Crippen LogP contribution in [0.4, 0.5) is 5.95 Å². The first-order valence-electron chi connectivity index (χ1n) is 5.41. The molecule has 0 aromatic carbocycles. The van der Waals surface area contributed by atoms with Crippen LogP contribution in [0.1, 0.15) is 12.5 Å². The number of hydrogen-bond acceptors (Lipinski definition) is 6. The summed E-state index contributed by atoms with van der Waals surface area (Å²) < 4.78 is 7.17. The number of imidazole rings is 1. The zero-order valence-electron chi connectivity index (χ0n) is 9.46. The Morgan fingerprint density at radius 3 is 3.12 bits per heavy atom. The third-order valence-electron chi connectivity index (χ3n) is 2.93. The van der Waals surface area contributed by atoms with Gasteiger partial charge in [-0.2, -0.15) is 16.7 Å². The molecule has 17 heavy (non-hydrogen) atoms. The largest absolute Gasteiger partial charge is 0.479 e. The van der Waals surface area contributed by atoms with Crippen LogP contribution in [-0.4, -0.2) is 38.1 Å². The van der Waals surface area contributed by atoms with Gasteiger partial charge in [0.15, 0.2) is 11.2 Å². The highest BCUT2D eigenvalue weighted by atomic mass is 32.2. The van der Waals surface area contributed by atoms with Crippen LogP contribution >= 0.6 is 11.8 Å². The molecule has 1 aliphatic rings. The van der Waals surface area contributed by atoms with Crippen molar-refractivity contribution in [2.75, 3.05) is 24.3 Å². The van der Waals surface area contributed by atoms with E-state index in [0.29, 0.717) is 23.4 Å². The molecule has 0 bridgehead atoms. The molecule has 3 heterocycles. The van der Waals surface area contributed by atoms with E-state index in [1.54, 1.807) is 7.11 Å². The predicted molar refractivity (Wildman–Crippen MR) is 67.3 cm³/mol. The van der Waals surface area contributed by atoms with Gasteiger partial charge in [-0.25, -0.2) is 9.97 Å². The van der Waals surface area contributed by atoms with Gasteiger partial charge in [-0.05, 0) is 12.2 Å². The Morgan fingerprint density at radius 1 is 1.53 bits per heavy atom. The summed E-state index contributed by atoms with van der Waals surface area (Å²) in [5.41, 5.74) is 7.38. The lowest BCUT2D eigenvalue weighted by Gasteiger charge is -2.12. The van der Waals surface area contributed by atoms with E-state index in [1.165, 1.54) is 6.33 Å². The maximum atomic E-state index is 5.98. The summed E-state index contributed by atoms with van der Waals surface area (Å²) in [7, 11) is 1.57. The highest BCUT2D eigenvalue weighted by molar-refractivity contribution is 7.99. The second-order valence-corrected chi connectivity index (χ2v) is 5.06. The Kier molecular flexibility index (Phi) is 2.54. The van der Waals surface area contributed by atoms with Crippen LogP contribution in [0.5, 0.6) is 5.88 Å². The van der Waals surface area contributed by atoms with Gasteiger partial charge in [-0.3, -0.25) is 4.57 Å². The van der Waals surface area contributed by atoms with E-state index in [9.17, 15) is 0 Å². The minimum atomic E-state index is 0.379. The molecule has 3 rings (SSSR count). The molecule has 2 N–H and O–H groups in total. The number of anilines is 1. The fourth-order valence-corrected chi connectivity index (χ4v) is 3.33. The second kappa shape index (κ2) is 4.06. The van der Waals surface area contributed by atoms with E-state index < -0.39 is 0 Å². The molecule has 0 spiro atoms. The van der Waals surface area contributed by atoms with Crippen molar-refractivity contribution in [2.24, 2.45) is 0 Å². The topological polar surface area (TPSA) is 78.8 Å². The maximum absolute atomic E-state index is 5.98. The van der Waals surface area contributed by atoms with Gasteiger partial charge in [-0.1, -0.05) is 0 Å². The number of hydrogen-bond donors (Lipinski definition) is 1. The summed E-state index contributed by atoms with van der Waals surface area (Å²) >= 11 is 1.93. The Hall–Kier alpha value is -1.50. The van der Waals surface area contributed by atoms with Crippen molar-refractivity contribution >= 4 is 28.9 Å². The molecule has 1 aliphatic heterocycles. The highest BCUT2D eigenvalue weighted by Gasteiger charge is 2.24. The molecule has 2 aromatic heterocycles. The molecular formula is C10H13N5OS. The zero-order chi connectivity index (χ0) is 11.8. The van der Waals surface area contributed by atoms with E-state index in [-0.39, 0.29) is 0 Å². The summed E-state index contributed by atoms with van der Waals surface area (Å²) in [6.45, 7) is 0. The molecule has 90 valence electrons. The average Bonchev–Trinajstić information content (AvgIpc) is 2.93. The van der Waals surface area contributed by atoms with E-state index in [2.05, 4.69) is 15.0 Å². The van der Waals surface area contributed by atoms with Gasteiger partial charge >= 0.3 is 0 Å². The number of aromatic nitrogens is 4. The zero-order valence-corrected chi connectivity index (χ0v) is 10.3. The number of nitrogen functional groups attached to an aromatic ring is 1. The maximum Gasteiger partial charge on any atom is 0.245 e. The van der Waals surface area contributed by atoms with Crippen LogP contribution < -0.4 is 10.5 Å². The van der Waals surface area contributed by atoms with Gasteiger partial charge in [-0.15, -0.1) is 0 Å². The minimum absolute atomic E-state index is 0.379. The quantitative estimate of drug-likeness (QED) is 0.861. The molecule has 1 saturated heterocycles. The molecule has 1 atom stereocenters. The monoisotopic (exact) mass is 251 g/mol. The predicted octanol–water partition coefficient (Wildman–Crippen LogP) is 1.10. The van der Waals surface area contributed by atoms with Crippen LogP contribution in [0.25, 0.3) is 11.2 Å². The molecule has 7 heteroatoms. The van der Waals surface area contributed by atoms with Gasteiger partial charge in [0, 0.05) is 11.8 Å². The van der Waals surface area contributed by atoms with Crippen molar-refractivity contribution < 1.29 is 4.74 Å². The molecule has 1 fully saturated rings. The number of rotatable bonds is 2. The first-order chi connectivity index (χ1) is 8.31. The molecule has 0 saturated carbocycles. The minimum Gasteiger partial charge on any atom is -0.479 e. The molecule has 0 amide bonds. The summed E-state index contributed by atoms with van der Waals surface area (Å²) in [5.74, 6) is 3.19. The molecule has 0 aliphatic carbocycles. The smallest absolute Gasteiger partial charge is 0.245 e. The van der Waals surface area contributed by atoms with Crippen LogP contribution in [0.15, 0.2) is 6.33 Å². The Morgan fingerprint density at radius 2 is 2.41 bits per heavy atom. The van der Waals surface area contributed by atoms with Crippen molar-refractivity contribution in [2.45, 2.75) is 12.5 Å². The fraction of sp³-hybridized carbons (Fsp3) is 0.500. The van der Waals surface area contributed by atoms with Gasteiger partial charge in [0.05, 0.1) is 7.11 Å². The van der Waals surface area contributed by atoms with Crippen LogP contribution in [0, 0.1) is 0 Å². The first-order valence-corrected chi connectivity index (χ1v) is 6.57.